The highest BCUT2D eigenvalue weighted by Gasteiger charge is 2.42. The Hall–Kier alpha value is -0.280. The maximum absolute atomic E-state index is 12.2. The van der Waals surface area contributed by atoms with Gasteiger partial charge in [0.05, 0.1) is 5.60 Å². The summed E-state index contributed by atoms with van der Waals surface area (Å²) in [7, 11) is 0. The standard InChI is InChI=1S/C13H22ClNO2/c1-13(2,3)17-8-12(16)15-10-4-5-11(15)7-9(14)6-10/h9-11H,4-8H2,1-3H3. The van der Waals surface area contributed by atoms with E-state index in [4.69, 9.17) is 16.3 Å². The molecule has 0 N–H and O–H groups in total. The average Bonchev–Trinajstić information content (AvgIpc) is 2.47. The van der Waals surface area contributed by atoms with Crippen molar-refractivity contribution in [1.82, 2.24) is 4.90 Å². The van der Waals surface area contributed by atoms with Crippen LogP contribution in [-0.2, 0) is 9.53 Å². The number of carbonyl (C=O) groups is 1. The minimum atomic E-state index is -0.250. The van der Waals surface area contributed by atoms with E-state index >= 15 is 0 Å². The number of halogens is 1. The van der Waals surface area contributed by atoms with Gasteiger partial charge in [0.1, 0.15) is 6.61 Å². The molecule has 2 unspecified atom stereocenters. The molecule has 2 aliphatic rings. The molecule has 2 heterocycles. The number of ether oxygens (including phenoxy) is 1. The summed E-state index contributed by atoms with van der Waals surface area (Å²) < 4.78 is 5.57. The van der Waals surface area contributed by atoms with E-state index in [-0.39, 0.29) is 23.5 Å². The van der Waals surface area contributed by atoms with E-state index in [1.807, 2.05) is 25.7 Å². The third kappa shape index (κ3) is 3.14. The lowest BCUT2D eigenvalue weighted by Gasteiger charge is -2.37. The molecule has 0 aromatic heterocycles. The smallest absolute Gasteiger partial charge is 0.249 e. The van der Waals surface area contributed by atoms with Crippen LogP contribution in [0, 0.1) is 0 Å². The van der Waals surface area contributed by atoms with Gasteiger partial charge in [-0.1, -0.05) is 0 Å². The Morgan fingerprint density at radius 1 is 1.29 bits per heavy atom. The average molecular weight is 260 g/mol. The SMILES string of the molecule is CC(C)(C)OCC(=O)N1C2CCC1CC(Cl)C2. The zero-order valence-electron chi connectivity index (χ0n) is 10.9. The van der Waals surface area contributed by atoms with Crippen LogP contribution in [0.1, 0.15) is 46.5 Å². The van der Waals surface area contributed by atoms with E-state index in [0.29, 0.717) is 12.1 Å². The molecule has 1 amide bonds. The Bertz CT molecular complexity index is 286. The van der Waals surface area contributed by atoms with Crippen molar-refractivity contribution in [2.75, 3.05) is 6.61 Å². The highest BCUT2D eigenvalue weighted by molar-refractivity contribution is 6.20. The van der Waals surface area contributed by atoms with Gasteiger partial charge in [-0.05, 0) is 46.5 Å². The Morgan fingerprint density at radius 2 is 1.82 bits per heavy atom. The molecule has 4 heteroatoms. The highest BCUT2D eigenvalue weighted by Crippen LogP contribution is 2.37. The number of hydrogen-bond donors (Lipinski definition) is 0. The molecule has 2 fully saturated rings. The van der Waals surface area contributed by atoms with Crippen molar-refractivity contribution in [3.05, 3.63) is 0 Å². The largest absolute Gasteiger partial charge is 0.366 e. The molecular formula is C13H22ClNO2. The van der Waals surface area contributed by atoms with E-state index < -0.39 is 0 Å². The van der Waals surface area contributed by atoms with Gasteiger partial charge in [0, 0.05) is 17.5 Å². The van der Waals surface area contributed by atoms with Gasteiger partial charge in [0.25, 0.3) is 0 Å². The van der Waals surface area contributed by atoms with E-state index in [9.17, 15) is 4.79 Å². The third-order valence-electron chi connectivity index (χ3n) is 3.59. The molecule has 2 atom stereocenters. The number of rotatable bonds is 2. The van der Waals surface area contributed by atoms with Crippen molar-refractivity contribution < 1.29 is 9.53 Å². The molecule has 2 bridgehead atoms. The number of fused-ring (bicyclic) bond motifs is 2. The Labute approximate surface area is 108 Å². The number of amides is 1. The van der Waals surface area contributed by atoms with Crippen molar-refractivity contribution in [2.45, 2.75) is 69.5 Å². The normalized spacial score (nSPS) is 32.9. The number of carbonyl (C=O) groups excluding carboxylic acids is 1. The van der Waals surface area contributed by atoms with Crippen LogP contribution in [0.2, 0.25) is 0 Å². The van der Waals surface area contributed by atoms with Crippen LogP contribution >= 0.6 is 11.6 Å². The first kappa shape index (κ1) is 13.2. The van der Waals surface area contributed by atoms with Crippen LogP contribution in [0.3, 0.4) is 0 Å². The summed E-state index contributed by atoms with van der Waals surface area (Å²) in [6.45, 7) is 6.11. The van der Waals surface area contributed by atoms with Crippen molar-refractivity contribution in [3.63, 3.8) is 0 Å². The molecule has 0 aromatic rings. The molecule has 0 spiro atoms. The number of nitrogens with zero attached hydrogens (tertiary/aromatic N) is 1. The summed E-state index contributed by atoms with van der Waals surface area (Å²) in [4.78, 5) is 14.2. The van der Waals surface area contributed by atoms with Crippen LogP contribution in [0.4, 0.5) is 0 Å². The molecule has 0 radical (unpaired) electrons. The molecule has 0 aromatic carbocycles. The zero-order valence-corrected chi connectivity index (χ0v) is 11.7. The number of hydrogen-bond acceptors (Lipinski definition) is 2. The van der Waals surface area contributed by atoms with Crippen LogP contribution in [0.15, 0.2) is 0 Å². The molecule has 17 heavy (non-hydrogen) atoms. The monoisotopic (exact) mass is 259 g/mol. The Balaban J connectivity index is 1.92. The minimum absolute atomic E-state index is 0.135. The van der Waals surface area contributed by atoms with Gasteiger partial charge in [0.15, 0.2) is 0 Å². The van der Waals surface area contributed by atoms with E-state index in [1.54, 1.807) is 0 Å². The molecule has 3 nitrogen and oxygen atoms in total. The topological polar surface area (TPSA) is 29.5 Å². The summed E-state index contributed by atoms with van der Waals surface area (Å²) in [6, 6.07) is 0.708. The van der Waals surface area contributed by atoms with Gasteiger partial charge < -0.3 is 9.64 Å². The van der Waals surface area contributed by atoms with Gasteiger partial charge in [-0.15, -0.1) is 11.6 Å². The van der Waals surface area contributed by atoms with Gasteiger partial charge in [-0.25, -0.2) is 0 Å². The van der Waals surface area contributed by atoms with E-state index in [2.05, 4.69) is 0 Å². The summed E-state index contributed by atoms with van der Waals surface area (Å²) >= 11 is 6.20. The quantitative estimate of drug-likeness (QED) is 0.714. The molecule has 2 aliphatic heterocycles. The first-order valence-corrected chi connectivity index (χ1v) is 6.89. The molecule has 0 saturated carbocycles. The van der Waals surface area contributed by atoms with Crippen LogP contribution in [0.5, 0.6) is 0 Å². The summed E-state index contributed by atoms with van der Waals surface area (Å²) in [5.74, 6) is 0.135. The molecule has 0 aliphatic carbocycles. The lowest BCUT2D eigenvalue weighted by Crippen LogP contribution is -2.48. The minimum Gasteiger partial charge on any atom is -0.366 e. The zero-order chi connectivity index (χ0) is 12.6. The lowest BCUT2D eigenvalue weighted by atomic mass is 10.0. The summed E-state index contributed by atoms with van der Waals surface area (Å²) in [5, 5.41) is 0.250. The predicted octanol–water partition coefficient (Wildman–Crippen LogP) is 2.56. The Kier molecular flexibility index (Phi) is 3.69. The second-order valence-electron chi connectivity index (χ2n) is 6.16. The Morgan fingerprint density at radius 3 is 2.29 bits per heavy atom. The van der Waals surface area contributed by atoms with Gasteiger partial charge >= 0.3 is 0 Å². The van der Waals surface area contributed by atoms with Crippen molar-refractivity contribution in [2.24, 2.45) is 0 Å². The highest BCUT2D eigenvalue weighted by atomic mass is 35.5. The predicted molar refractivity (Wildman–Crippen MR) is 68.2 cm³/mol. The van der Waals surface area contributed by atoms with Gasteiger partial charge in [-0.2, -0.15) is 0 Å². The fourth-order valence-electron chi connectivity index (χ4n) is 2.87. The third-order valence-corrected chi connectivity index (χ3v) is 3.95. The van der Waals surface area contributed by atoms with E-state index in [1.165, 1.54) is 0 Å². The van der Waals surface area contributed by atoms with E-state index in [0.717, 1.165) is 25.7 Å². The molecule has 2 saturated heterocycles. The molecular weight excluding hydrogens is 238 g/mol. The fourth-order valence-corrected chi connectivity index (χ4v) is 3.28. The summed E-state index contributed by atoms with van der Waals surface area (Å²) in [6.07, 6.45) is 4.10. The van der Waals surface area contributed by atoms with Crippen molar-refractivity contribution in [3.8, 4) is 0 Å². The molecule has 2 rings (SSSR count). The number of piperidine rings is 1. The second-order valence-corrected chi connectivity index (χ2v) is 6.77. The first-order chi connectivity index (χ1) is 7.87. The van der Waals surface area contributed by atoms with Crippen LogP contribution < -0.4 is 0 Å². The first-order valence-electron chi connectivity index (χ1n) is 6.46. The fraction of sp³-hybridized carbons (Fsp3) is 0.923. The van der Waals surface area contributed by atoms with Crippen LogP contribution in [0.25, 0.3) is 0 Å². The maximum Gasteiger partial charge on any atom is 0.249 e. The van der Waals surface area contributed by atoms with Crippen LogP contribution in [-0.4, -0.2) is 40.5 Å². The maximum atomic E-state index is 12.2. The number of alkyl halides is 1. The lowest BCUT2D eigenvalue weighted by molar-refractivity contribution is -0.145. The van der Waals surface area contributed by atoms with Crippen molar-refractivity contribution in [1.29, 1.82) is 0 Å². The van der Waals surface area contributed by atoms with Gasteiger partial charge in [-0.3, -0.25) is 4.79 Å². The second kappa shape index (κ2) is 4.77. The summed E-state index contributed by atoms with van der Waals surface area (Å²) in [5.41, 5.74) is -0.250. The van der Waals surface area contributed by atoms with Crippen molar-refractivity contribution >= 4 is 17.5 Å². The molecule has 98 valence electrons. The van der Waals surface area contributed by atoms with Gasteiger partial charge in [0.2, 0.25) is 5.91 Å².